The van der Waals surface area contributed by atoms with Gasteiger partial charge < -0.3 is 10.0 Å². The van der Waals surface area contributed by atoms with Crippen LogP contribution in [0.4, 0.5) is 0 Å². The Bertz CT molecular complexity index is 683. The summed E-state index contributed by atoms with van der Waals surface area (Å²) in [5.74, 6) is -0.863. The standard InChI is InChI=1S/C20H23NO3.C2H6/c1-2-19(22)21(13-7-11-16-8-4-3-5-9-16)15-17-10-6-12-18(14-17)20(23)24;1-2/h3-6,8-10,12,14H,2,7,11,13,15H2,1H3,(H,23,24);1-2H3. The van der Waals surface area contributed by atoms with E-state index in [0.29, 0.717) is 19.5 Å². The van der Waals surface area contributed by atoms with Crippen LogP contribution >= 0.6 is 0 Å². The maximum atomic E-state index is 12.2. The molecule has 2 aromatic rings. The van der Waals surface area contributed by atoms with E-state index in [1.807, 2.05) is 49.9 Å². The summed E-state index contributed by atoms with van der Waals surface area (Å²) < 4.78 is 0. The van der Waals surface area contributed by atoms with Gasteiger partial charge in [0.1, 0.15) is 0 Å². The number of aryl methyl sites for hydroxylation is 1. The lowest BCUT2D eigenvalue weighted by Gasteiger charge is -2.22. The average molecular weight is 355 g/mol. The molecular formula is C22H29NO3. The highest BCUT2D eigenvalue weighted by Gasteiger charge is 2.13. The molecule has 4 heteroatoms. The summed E-state index contributed by atoms with van der Waals surface area (Å²) in [5, 5.41) is 9.09. The van der Waals surface area contributed by atoms with Crippen LogP contribution in [0.3, 0.4) is 0 Å². The molecule has 26 heavy (non-hydrogen) atoms. The molecule has 1 N–H and O–H groups in total. The lowest BCUT2D eigenvalue weighted by molar-refractivity contribution is -0.131. The quantitative estimate of drug-likeness (QED) is 0.741. The van der Waals surface area contributed by atoms with E-state index in [1.54, 1.807) is 18.2 Å². The molecule has 1 amide bonds. The SMILES string of the molecule is CC.CCC(=O)N(CCCc1ccccc1)Cc1cccc(C(=O)O)c1. The fraction of sp³-hybridized carbons (Fsp3) is 0.364. The summed E-state index contributed by atoms with van der Waals surface area (Å²) >= 11 is 0. The van der Waals surface area contributed by atoms with Crippen molar-refractivity contribution in [2.45, 2.75) is 46.6 Å². The number of benzene rings is 2. The monoisotopic (exact) mass is 355 g/mol. The van der Waals surface area contributed by atoms with Gasteiger partial charge in [0.25, 0.3) is 0 Å². The molecule has 0 radical (unpaired) electrons. The average Bonchev–Trinajstić information content (AvgIpc) is 2.69. The third kappa shape index (κ3) is 7.09. The zero-order chi connectivity index (χ0) is 19.4. The van der Waals surface area contributed by atoms with E-state index in [9.17, 15) is 9.59 Å². The highest BCUT2D eigenvalue weighted by atomic mass is 16.4. The molecule has 0 saturated carbocycles. The van der Waals surface area contributed by atoms with E-state index in [1.165, 1.54) is 5.56 Å². The lowest BCUT2D eigenvalue weighted by atomic mass is 10.1. The van der Waals surface area contributed by atoms with Crippen molar-refractivity contribution in [3.63, 3.8) is 0 Å². The van der Waals surface area contributed by atoms with Gasteiger partial charge in [-0.15, -0.1) is 0 Å². The van der Waals surface area contributed by atoms with Crippen LogP contribution < -0.4 is 0 Å². The Hall–Kier alpha value is -2.62. The summed E-state index contributed by atoms with van der Waals surface area (Å²) in [6, 6.07) is 17.0. The highest BCUT2D eigenvalue weighted by Crippen LogP contribution is 2.11. The van der Waals surface area contributed by atoms with E-state index >= 15 is 0 Å². The molecule has 0 spiro atoms. The summed E-state index contributed by atoms with van der Waals surface area (Å²) in [6.45, 7) is 6.96. The Morgan fingerprint density at radius 2 is 1.62 bits per heavy atom. The molecule has 4 nitrogen and oxygen atoms in total. The van der Waals surface area contributed by atoms with Crippen molar-refractivity contribution in [2.24, 2.45) is 0 Å². The van der Waals surface area contributed by atoms with Gasteiger partial charge in [0, 0.05) is 19.5 Å². The van der Waals surface area contributed by atoms with Crippen LogP contribution in [0.2, 0.25) is 0 Å². The Morgan fingerprint density at radius 3 is 2.23 bits per heavy atom. The van der Waals surface area contributed by atoms with Crippen LogP contribution in [-0.2, 0) is 17.8 Å². The zero-order valence-electron chi connectivity index (χ0n) is 15.9. The third-order valence-corrected chi connectivity index (χ3v) is 3.94. The smallest absolute Gasteiger partial charge is 0.335 e. The second-order valence-electron chi connectivity index (χ2n) is 5.76. The van der Waals surface area contributed by atoms with Gasteiger partial charge in [-0.2, -0.15) is 0 Å². The molecule has 0 saturated heterocycles. The van der Waals surface area contributed by atoms with Gasteiger partial charge in [-0.25, -0.2) is 4.79 Å². The van der Waals surface area contributed by atoms with Crippen molar-refractivity contribution in [3.05, 3.63) is 71.3 Å². The van der Waals surface area contributed by atoms with Gasteiger partial charge in [-0.1, -0.05) is 63.2 Å². The fourth-order valence-electron chi connectivity index (χ4n) is 2.66. The highest BCUT2D eigenvalue weighted by molar-refractivity contribution is 5.87. The zero-order valence-corrected chi connectivity index (χ0v) is 15.9. The van der Waals surface area contributed by atoms with E-state index < -0.39 is 5.97 Å². The fourth-order valence-corrected chi connectivity index (χ4v) is 2.66. The molecule has 0 bridgehead atoms. The van der Waals surface area contributed by atoms with Crippen LogP contribution in [0.25, 0.3) is 0 Å². The van der Waals surface area contributed by atoms with Crippen molar-refractivity contribution in [2.75, 3.05) is 6.54 Å². The predicted octanol–water partition coefficient (Wildman–Crippen LogP) is 4.78. The Kier molecular flexibility index (Phi) is 9.77. The maximum Gasteiger partial charge on any atom is 0.335 e. The molecule has 0 aliphatic carbocycles. The van der Waals surface area contributed by atoms with Crippen molar-refractivity contribution in [1.82, 2.24) is 4.90 Å². The minimum atomic E-state index is -0.950. The number of amides is 1. The second kappa shape index (κ2) is 11.9. The number of nitrogens with zero attached hydrogens (tertiary/aromatic N) is 1. The van der Waals surface area contributed by atoms with Crippen molar-refractivity contribution in [3.8, 4) is 0 Å². The first-order chi connectivity index (χ1) is 12.6. The first-order valence-electron chi connectivity index (χ1n) is 9.24. The van der Waals surface area contributed by atoms with Crippen LogP contribution in [0.1, 0.15) is 55.1 Å². The number of hydrogen-bond acceptors (Lipinski definition) is 2. The predicted molar refractivity (Wildman–Crippen MR) is 105 cm³/mol. The van der Waals surface area contributed by atoms with Crippen LogP contribution in [0.5, 0.6) is 0 Å². The van der Waals surface area contributed by atoms with Crippen molar-refractivity contribution >= 4 is 11.9 Å². The van der Waals surface area contributed by atoms with Gasteiger partial charge in [-0.3, -0.25) is 4.79 Å². The number of carbonyl (C=O) groups excluding carboxylic acids is 1. The van der Waals surface area contributed by atoms with E-state index in [-0.39, 0.29) is 11.5 Å². The van der Waals surface area contributed by atoms with Gasteiger partial charge in [0.05, 0.1) is 5.56 Å². The van der Waals surface area contributed by atoms with Crippen LogP contribution in [0, 0.1) is 0 Å². The molecule has 0 atom stereocenters. The maximum absolute atomic E-state index is 12.2. The Morgan fingerprint density at radius 1 is 0.962 bits per heavy atom. The number of hydrogen-bond donors (Lipinski definition) is 1. The molecule has 0 fully saturated rings. The lowest BCUT2D eigenvalue weighted by Crippen LogP contribution is -2.31. The minimum Gasteiger partial charge on any atom is -0.478 e. The summed E-state index contributed by atoms with van der Waals surface area (Å²) in [7, 11) is 0. The first-order valence-corrected chi connectivity index (χ1v) is 9.24. The molecule has 0 aliphatic heterocycles. The van der Waals surface area contributed by atoms with Crippen molar-refractivity contribution < 1.29 is 14.7 Å². The largest absolute Gasteiger partial charge is 0.478 e. The van der Waals surface area contributed by atoms with Gasteiger partial charge in [-0.05, 0) is 36.1 Å². The summed E-state index contributed by atoms with van der Waals surface area (Å²) in [4.78, 5) is 25.1. The van der Waals surface area contributed by atoms with Gasteiger partial charge in [0.2, 0.25) is 5.91 Å². The molecule has 0 heterocycles. The number of carbonyl (C=O) groups is 2. The number of aromatic carboxylic acids is 1. The second-order valence-corrected chi connectivity index (χ2v) is 5.76. The Labute approximate surface area is 156 Å². The summed E-state index contributed by atoms with van der Waals surface area (Å²) in [6.07, 6.45) is 2.25. The van der Waals surface area contributed by atoms with Gasteiger partial charge in [0.15, 0.2) is 0 Å². The molecule has 2 rings (SSSR count). The number of carboxylic acid groups (broad SMARTS) is 1. The normalized spacial score (nSPS) is 9.81. The first kappa shape index (κ1) is 21.4. The molecule has 2 aromatic carbocycles. The topological polar surface area (TPSA) is 57.6 Å². The van der Waals surface area contributed by atoms with E-state index in [2.05, 4.69) is 12.1 Å². The van der Waals surface area contributed by atoms with Gasteiger partial charge >= 0.3 is 5.97 Å². The van der Waals surface area contributed by atoms with E-state index in [0.717, 1.165) is 18.4 Å². The molecule has 140 valence electrons. The summed E-state index contributed by atoms with van der Waals surface area (Å²) in [5.41, 5.74) is 2.35. The molecule has 0 aliphatic rings. The third-order valence-electron chi connectivity index (χ3n) is 3.94. The molecule has 0 unspecified atom stereocenters. The van der Waals surface area contributed by atoms with Crippen LogP contribution in [-0.4, -0.2) is 28.4 Å². The van der Waals surface area contributed by atoms with Crippen LogP contribution in [0.15, 0.2) is 54.6 Å². The molecular weight excluding hydrogens is 326 g/mol. The van der Waals surface area contributed by atoms with E-state index in [4.69, 9.17) is 5.11 Å². The van der Waals surface area contributed by atoms with Crippen molar-refractivity contribution in [1.29, 1.82) is 0 Å². The number of rotatable bonds is 8. The Balaban J connectivity index is 0.00000163. The number of carboxylic acids is 1. The molecule has 0 aromatic heterocycles. The minimum absolute atomic E-state index is 0.0868.